The summed E-state index contributed by atoms with van der Waals surface area (Å²) in [6.07, 6.45) is 4.44. The molecule has 0 amide bonds. The van der Waals surface area contributed by atoms with Gasteiger partial charge in [0.25, 0.3) is 0 Å². The third-order valence-corrected chi connectivity index (χ3v) is 2.46. The Morgan fingerprint density at radius 2 is 2.44 bits per heavy atom. The van der Waals surface area contributed by atoms with Crippen molar-refractivity contribution in [3.8, 4) is 0 Å². The third kappa shape index (κ3) is 5.88. The Hall–Kier alpha value is -0.870. The molecule has 2 atom stereocenters. The first kappa shape index (κ1) is 13.2. The molecule has 16 heavy (non-hydrogen) atoms. The monoisotopic (exact) mass is 228 g/mol. The summed E-state index contributed by atoms with van der Waals surface area (Å²) in [6.45, 7) is 7.37. The highest BCUT2D eigenvalue weighted by Crippen LogP contribution is 2.13. The number of hydrogen-bond acceptors (Lipinski definition) is 4. The fourth-order valence-electron chi connectivity index (χ4n) is 1.36. The van der Waals surface area contributed by atoms with Crippen molar-refractivity contribution in [2.45, 2.75) is 38.4 Å². The maximum Gasteiger partial charge on any atom is 0.330 e. The maximum absolute atomic E-state index is 10.8. The Kier molecular flexibility index (Phi) is 6.11. The van der Waals surface area contributed by atoms with Gasteiger partial charge in [-0.3, -0.25) is 0 Å². The molecule has 2 unspecified atom stereocenters. The lowest BCUT2D eigenvalue weighted by molar-refractivity contribution is -0.138. The highest BCUT2D eigenvalue weighted by Gasteiger charge is 2.23. The zero-order valence-corrected chi connectivity index (χ0v) is 9.81. The Balaban J connectivity index is 1.98. The number of esters is 1. The topological polar surface area (TPSA) is 48.1 Å². The lowest BCUT2D eigenvalue weighted by Crippen LogP contribution is -2.16. The van der Waals surface area contributed by atoms with Crippen LogP contribution in [-0.2, 0) is 19.0 Å². The maximum atomic E-state index is 10.8. The average molecular weight is 228 g/mol. The van der Waals surface area contributed by atoms with Crippen molar-refractivity contribution in [2.24, 2.45) is 0 Å². The normalized spacial score (nSPS) is 20.2. The predicted octanol–water partition coefficient (Wildman–Crippen LogP) is 1.69. The van der Waals surface area contributed by atoms with Crippen LogP contribution in [0.2, 0.25) is 0 Å². The zero-order chi connectivity index (χ0) is 11.8. The molecule has 4 nitrogen and oxygen atoms in total. The number of ether oxygens (including phenoxy) is 3. The van der Waals surface area contributed by atoms with Gasteiger partial charge in [0, 0.05) is 6.08 Å². The molecule has 1 aliphatic rings. The highest BCUT2D eigenvalue weighted by molar-refractivity contribution is 5.81. The number of carbonyl (C=O) groups is 1. The van der Waals surface area contributed by atoms with Gasteiger partial charge in [0.1, 0.15) is 6.10 Å². The van der Waals surface area contributed by atoms with Gasteiger partial charge in [-0.25, -0.2) is 4.79 Å². The van der Waals surface area contributed by atoms with E-state index in [0.29, 0.717) is 19.3 Å². The minimum Gasteiger partial charge on any atom is -0.463 e. The van der Waals surface area contributed by atoms with Crippen molar-refractivity contribution in [1.29, 1.82) is 0 Å². The second-order valence-electron chi connectivity index (χ2n) is 3.83. The molecule has 1 rings (SSSR count). The molecule has 0 spiro atoms. The Morgan fingerprint density at radius 3 is 3.00 bits per heavy atom. The number of rotatable bonds is 9. The van der Waals surface area contributed by atoms with Crippen LogP contribution < -0.4 is 0 Å². The summed E-state index contributed by atoms with van der Waals surface area (Å²) in [7, 11) is 0. The van der Waals surface area contributed by atoms with Gasteiger partial charge >= 0.3 is 5.97 Å². The average Bonchev–Trinajstić information content (AvgIpc) is 3.11. The van der Waals surface area contributed by atoms with Crippen LogP contribution in [0.15, 0.2) is 12.7 Å². The molecular weight excluding hydrogens is 208 g/mol. The SMILES string of the molecule is C=CC(=O)OCCCC(CC)OCC1CO1. The molecule has 4 heteroatoms. The van der Waals surface area contributed by atoms with E-state index < -0.39 is 0 Å². The van der Waals surface area contributed by atoms with E-state index in [0.717, 1.165) is 25.9 Å². The predicted molar refractivity (Wildman–Crippen MR) is 60.2 cm³/mol. The van der Waals surface area contributed by atoms with Crippen LogP contribution in [0.3, 0.4) is 0 Å². The van der Waals surface area contributed by atoms with Crippen molar-refractivity contribution in [1.82, 2.24) is 0 Å². The Morgan fingerprint density at radius 1 is 1.69 bits per heavy atom. The molecule has 1 heterocycles. The summed E-state index contributed by atoms with van der Waals surface area (Å²) in [5, 5.41) is 0. The van der Waals surface area contributed by atoms with Crippen LogP contribution in [0.5, 0.6) is 0 Å². The molecule has 0 N–H and O–H groups in total. The molecule has 92 valence electrons. The number of epoxide rings is 1. The molecule has 0 saturated carbocycles. The van der Waals surface area contributed by atoms with E-state index in [2.05, 4.69) is 13.5 Å². The fourth-order valence-corrected chi connectivity index (χ4v) is 1.36. The van der Waals surface area contributed by atoms with Crippen LogP contribution in [-0.4, -0.2) is 38.0 Å². The lowest BCUT2D eigenvalue weighted by Gasteiger charge is -2.15. The molecular formula is C12H20O4. The Bertz CT molecular complexity index is 223. The summed E-state index contributed by atoms with van der Waals surface area (Å²) < 4.78 is 15.6. The summed E-state index contributed by atoms with van der Waals surface area (Å²) >= 11 is 0. The van der Waals surface area contributed by atoms with Crippen LogP contribution in [0.25, 0.3) is 0 Å². The smallest absolute Gasteiger partial charge is 0.330 e. The largest absolute Gasteiger partial charge is 0.463 e. The Labute approximate surface area is 96.6 Å². The summed E-state index contributed by atoms with van der Waals surface area (Å²) in [5.74, 6) is -0.361. The summed E-state index contributed by atoms with van der Waals surface area (Å²) in [4.78, 5) is 10.8. The van der Waals surface area contributed by atoms with E-state index in [1.165, 1.54) is 6.08 Å². The molecule has 0 radical (unpaired) electrons. The van der Waals surface area contributed by atoms with Gasteiger partial charge < -0.3 is 14.2 Å². The molecule has 0 aromatic rings. The standard InChI is InChI=1S/C12H20O4/c1-3-10(15-8-11-9-16-11)6-5-7-14-12(13)4-2/h4,10-11H,2-3,5-9H2,1H3. The second kappa shape index (κ2) is 7.41. The van der Waals surface area contributed by atoms with Crippen LogP contribution in [0.1, 0.15) is 26.2 Å². The first-order chi connectivity index (χ1) is 7.76. The molecule has 0 aliphatic carbocycles. The molecule has 1 aliphatic heterocycles. The third-order valence-electron chi connectivity index (χ3n) is 2.46. The van der Waals surface area contributed by atoms with Gasteiger partial charge in [0.05, 0.1) is 25.9 Å². The van der Waals surface area contributed by atoms with E-state index in [1.807, 2.05) is 0 Å². The number of carbonyl (C=O) groups excluding carboxylic acids is 1. The van der Waals surface area contributed by atoms with Gasteiger partial charge in [-0.15, -0.1) is 0 Å². The van der Waals surface area contributed by atoms with Gasteiger partial charge in [-0.05, 0) is 19.3 Å². The molecule has 0 aromatic heterocycles. The van der Waals surface area contributed by atoms with Crippen molar-refractivity contribution >= 4 is 5.97 Å². The molecule has 1 saturated heterocycles. The minimum atomic E-state index is -0.361. The van der Waals surface area contributed by atoms with E-state index in [1.54, 1.807) is 0 Å². The van der Waals surface area contributed by atoms with Crippen molar-refractivity contribution in [3.05, 3.63) is 12.7 Å². The van der Waals surface area contributed by atoms with Gasteiger partial charge in [-0.2, -0.15) is 0 Å². The molecule has 0 bridgehead atoms. The van der Waals surface area contributed by atoms with E-state index in [4.69, 9.17) is 14.2 Å². The fraction of sp³-hybridized carbons (Fsp3) is 0.750. The first-order valence-electron chi connectivity index (χ1n) is 5.78. The highest BCUT2D eigenvalue weighted by atomic mass is 16.6. The summed E-state index contributed by atoms with van der Waals surface area (Å²) in [5.41, 5.74) is 0. The van der Waals surface area contributed by atoms with Gasteiger partial charge in [0.2, 0.25) is 0 Å². The van der Waals surface area contributed by atoms with Crippen LogP contribution in [0, 0.1) is 0 Å². The quantitative estimate of drug-likeness (QED) is 0.261. The first-order valence-corrected chi connectivity index (χ1v) is 5.78. The molecule has 0 aromatic carbocycles. The van der Waals surface area contributed by atoms with Crippen LogP contribution in [0.4, 0.5) is 0 Å². The van der Waals surface area contributed by atoms with Crippen molar-refractivity contribution in [3.63, 3.8) is 0 Å². The lowest BCUT2D eigenvalue weighted by atomic mass is 10.1. The number of hydrogen-bond donors (Lipinski definition) is 0. The van der Waals surface area contributed by atoms with Crippen molar-refractivity contribution < 1.29 is 19.0 Å². The van der Waals surface area contributed by atoms with Gasteiger partial charge in [-0.1, -0.05) is 13.5 Å². The molecule has 1 fully saturated rings. The summed E-state index contributed by atoms with van der Waals surface area (Å²) in [6, 6.07) is 0. The van der Waals surface area contributed by atoms with Crippen molar-refractivity contribution in [2.75, 3.05) is 19.8 Å². The van der Waals surface area contributed by atoms with E-state index >= 15 is 0 Å². The second-order valence-corrected chi connectivity index (χ2v) is 3.83. The van der Waals surface area contributed by atoms with E-state index in [-0.39, 0.29) is 12.1 Å². The van der Waals surface area contributed by atoms with Crippen LogP contribution >= 0.6 is 0 Å². The zero-order valence-electron chi connectivity index (χ0n) is 9.81. The van der Waals surface area contributed by atoms with E-state index in [9.17, 15) is 4.79 Å². The minimum absolute atomic E-state index is 0.242. The van der Waals surface area contributed by atoms with Gasteiger partial charge in [0.15, 0.2) is 0 Å².